The SMILES string of the molecule is NCCNCCN.Oc1ccccc1.Oc1ccccc1. The van der Waals surface area contributed by atoms with Crippen molar-refractivity contribution < 1.29 is 10.2 Å². The lowest BCUT2D eigenvalue weighted by Gasteiger charge is -1.95. The summed E-state index contributed by atoms with van der Waals surface area (Å²) in [6.45, 7) is 3.13. The maximum absolute atomic E-state index is 8.63. The van der Waals surface area contributed by atoms with Gasteiger partial charge in [0.1, 0.15) is 11.5 Å². The minimum atomic E-state index is 0.322. The number of nitrogens with two attached hydrogens (primary N) is 2. The Labute approximate surface area is 126 Å². The van der Waals surface area contributed by atoms with Crippen LogP contribution in [-0.4, -0.2) is 36.4 Å². The molecule has 0 unspecified atom stereocenters. The molecule has 0 aliphatic carbocycles. The fraction of sp³-hybridized carbons (Fsp3) is 0.250. The zero-order valence-electron chi connectivity index (χ0n) is 12.2. The van der Waals surface area contributed by atoms with Crippen LogP contribution in [0.15, 0.2) is 60.7 Å². The number of nitrogens with one attached hydrogen (secondary N) is 1. The van der Waals surface area contributed by atoms with E-state index in [9.17, 15) is 0 Å². The monoisotopic (exact) mass is 291 g/mol. The van der Waals surface area contributed by atoms with Crippen LogP contribution in [0.1, 0.15) is 0 Å². The minimum Gasteiger partial charge on any atom is -0.508 e. The van der Waals surface area contributed by atoms with Gasteiger partial charge in [0, 0.05) is 26.2 Å². The topological polar surface area (TPSA) is 105 Å². The van der Waals surface area contributed by atoms with Crippen molar-refractivity contribution >= 4 is 0 Å². The van der Waals surface area contributed by atoms with Gasteiger partial charge in [-0.1, -0.05) is 36.4 Å². The van der Waals surface area contributed by atoms with E-state index < -0.39 is 0 Å². The maximum atomic E-state index is 8.63. The second kappa shape index (κ2) is 14.3. The van der Waals surface area contributed by atoms with Crippen molar-refractivity contribution in [3.8, 4) is 11.5 Å². The molecule has 2 rings (SSSR count). The molecule has 0 radical (unpaired) electrons. The van der Waals surface area contributed by atoms with Gasteiger partial charge in [-0.2, -0.15) is 0 Å². The lowest BCUT2D eigenvalue weighted by molar-refractivity contribution is 0.475. The van der Waals surface area contributed by atoms with Crippen molar-refractivity contribution in [2.45, 2.75) is 0 Å². The first kappa shape index (κ1) is 18.9. The van der Waals surface area contributed by atoms with Gasteiger partial charge >= 0.3 is 0 Å². The molecule has 0 bridgehead atoms. The average molecular weight is 291 g/mol. The van der Waals surface area contributed by atoms with Crippen molar-refractivity contribution in [2.75, 3.05) is 26.2 Å². The van der Waals surface area contributed by atoms with Crippen molar-refractivity contribution in [3.05, 3.63) is 60.7 Å². The predicted molar refractivity (Wildman–Crippen MR) is 87.2 cm³/mol. The third-order valence-electron chi connectivity index (χ3n) is 2.15. The van der Waals surface area contributed by atoms with Gasteiger partial charge in [0.05, 0.1) is 0 Å². The van der Waals surface area contributed by atoms with E-state index in [0.29, 0.717) is 24.6 Å². The van der Waals surface area contributed by atoms with Crippen LogP contribution in [0.2, 0.25) is 0 Å². The minimum absolute atomic E-state index is 0.322. The Hall–Kier alpha value is -2.08. The van der Waals surface area contributed by atoms with Crippen LogP contribution in [0.3, 0.4) is 0 Å². The van der Waals surface area contributed by atoms with E-state index >= 15 is 0 Å². The zero-order valence-corrected chi connectivity index (χ0v) is 12.2. The largest absolute Gasteiger partial charge is 0.508 e. The first-order chi connectivity index (χ1) is 10.2. The van der Waals surface area contributed by atoms with E-state index in [4.69, 9.17) is 21.7 Å². The molecule has 0 atom stereocenters. The Balaban J connectivity index is 0.000000286. The highest BCUT2D eigenvalue weighted by Gasteiger charge is 1.77. The molecule has 0 amide bonds. The first-order valence-electron chi connectivity index (χ1n) is 6.79. The van der Waals surface area contributed by atoms with Crippen molar-refractivity contribution in [1.82, 2.24) is 5.32 Å². The quantitative estimate of drug-likeness (QED) is 0.546. The molecule has 116 valence electrons. The molecule has 21 heavy (non-hydrogen) atoms. The number of hydrogen-bond acceptors (Lipinski definition) is 5. The fourth-order valence-electron chi connectivity index (χ4n) is 1.19. The van der Waals surface area contributed by atoms with Crippen LogP contribution in [0.25, 0.3) is 0 Å². The number of phenols is 2. The predicted octanol–water partition coefficient (Wildman–Crippen LogP) is 1.28. The number of rotatable bonds is 4. The zero-order chi connectivity index (χ0) is 15.8. The Morgan fingerprint density at radius 2 is 1.00 bits per heavy atom. The smallest absolute Gasteiger partial charge is 0.115 e. The van der Waals surface area contributed by atoms with Crippen molar-refractivity contribution in [3.63, 3.8) is 0 Å². The van der Waals surface area contributed by atoms with Crippen LogP contribution in [0, 0.1) is 0 Å². The highest BCUT2D eigenvalue weighted by atomic mass is 16.3. The Bertz CT molecular complexity index is 383. The average Bonchev–Trinajstić information content (AvgIpc) is 2.51. The van der Waals surface area contributed by atoms with Gasteiger partial charge in [0.2, 0.25) is 0 Å². The summed E-state index contributed by atoms with van der Waals surface area (Å²) in [6.07, 6.45) is 0. The lowest BCUT2D eigenvalue weighted by atomic mass is 10.3. The summed E-state index contributed by atoms with van der Waals surface area (Å²) in [5.74, 6) is 0.644. The molecule has 7 N–H and O–H groups in total. The number of aromatic hydroxyl groups is 2. The molecule has 5 nitrogen and oxygen atoms in total. The molecule has 0 spiro atoms. The van der Waals surface area contributed by atoms with Crippen LogP contribution in [0.4, 0.5) is 0 Å². The highest BCUT2D eigenvalue weighted by molar-refractivity contribution is 5.19. The van der Waals surface area contributed by atoms with E-state index in [2.05, 4.69) is 5.32 Å². The molecular weight excluding hydrogens is 266 g/mol. The first-order valence-corrected chi connectivity index (χ1v) is 6.79. The summed E-state index contributed by atoms with van der Waals surface area (Å²) >= 11 is 0. The van der Waals surface area contributed by atoms with E-state index in [0.717, 1.165) is 13.1 Å². The van der Waals surface area contributed by atoms with E-state index in [1.54, 1.807) is 48.5 Å². The second-order valence-electron chi connectivity index (χ2n) is 4.00. The fourth-order valence-corrected chi connectivity index (χ4v) is 1.19. The molecule has 0 aliphatic rings. The molecule has 0 heterocycles. The number of benzene rings is 2. The van der Waals surface area contributed by atoms with Gasteiger partial charge in [-0.15, -0.1) is 0 Å². The molecule has 0 fully saturated rings. The van der Waals surface area contributed by atoms with Gasteiger partial charge in [-0.3, -0.25) is 0 Å². The Morgan fingerprint density at radius 1 is 0.667 bits per heavy atom. The molecule has 0 aliphatic heterocycles. The van der Waals surface area contributed by atoms with E-state index in [-0.39, 0.29) is 0 Å². The highest BCUT2D eigenvalue weighted by Crippen LogP contribution is 2.03. The summed E-state index contributed by atoms with van der Waals surface area (Å²) in [7, 11) is 0. The summed E-state index contributed by atoms with van der Waals surface area (Å²) in [4.78, 5) is 0. The summed E-state index contributed by atoms with van der Waals surface area (Å²) in [6, 6.07) is 17.4. The Morgan fingerprint density at radius 3 is 1.19 bits per heavy atom. The number of hydrogen-bond donors (Lipinski definition) is 5. The standard InChI is InChI=1S/2C6H6O.C4H13N3/c2*7-6-4-2-1-3-5-6;5-1-3-7-4-2-6/h2*1-5,7H;7H,1-6H2. The summed E-state index contributed by atoms with van der Waals surface area (Å²) in [5, 5.41) is 20.3. The van der Waals surface area contributed by atoms with Gasteiger partial charge in [-0.05, 0) is 24.3 Å². The van der Waals surface area contributed by atoms with E-state index in [1.807, 2.05) is 12.1 Å². The van der Waals surface area contributed by atoms with E-state index in [1.165, 1.54) is 0 Å². The molecule has 0 saturated heterocycles. The van der Waals surface area contributed by atoms with Crippen LogP contribution >= 0.6 is 0 Å². The summed E-state index contributed by atoms with van der Waals surface area (Å²) < 4.78 is 0. The number of phenolic OH excluding ortho intramolecular Hbond substituents is 2. The number of para-hydroxylation sites is 2. The van der Waals surface area contributed by atoms with Gasteiger partial charge in [0.25, 0.3) is 0 Å². The van der Waals surface area contributed by atoms with Crippen LogP contribution in [-0.2, 0) is 0 Å². The van der Waals surface area contributed by atoms with Crippen LogP contribution in [0.5, 0.6) is 11.5 Å². The Kier molecular flexibility index (Phi) is 12.9. The van der Waals surface area contributed by atoms with Crippen LogP contribution < -0.4 is 16.8 Å². The molecule has 2 aromatic rings. The second-order valence-corrected chi connectivity index (χ2v) is 4.00. The lowest BCUT2D eigenvalue weighted by Crippen LogP contribution is -2.27. The van der Waals surface area contributed by atoms with Crippen molar-refractivity contribution in [1.29, 1.82) is 0 Å². The normalized spacial score (nSPS) is 8.86. The van der Waals surface area contributed by atoms with Gasteiger partial charge in [-0.25, -0.2) is 0 Å². The third-order valence-corrected chi connectivity index (χ3v) is 2.15. The third kappa shape index (κ3) is 14.1. The molecule has 0 aromatic heterocycles. The van der Waals surface area contributed by atoms with Gasteiger partial charge in [0.15, 0.2) is 0 Å². The van der Waals surface area contributed by atoms with Crippen molar-refractivity contribution in [2.24, 2.45) is 11.5 Å². The maximum Gasteiger partial charge on any atom is 0.115 e. The molecule has 2 aromatic carbocycles. The molecular formula is C16H25N3O2. The molecule has 5 heteroatoms. The van der Waals surface area contributed by atoms with Gasteiger partial charge < -0.3 is 27.0 Å². The molecule has 0 saturated carbocycles. The summed E-state index contributed by atoms with van der Waals surface area (Å²) in [5.41, 5.74) is 10.3.